The van der Waals surface area contributed by atoms with Crippen molar-refractivity contribution in [3.8, 4) is 6.07 Å². The highest BCUT2D eigenvalue weighted by Gasteiger charge is 2.30. The molecule has 0 radical (unpaired) electrons. The molecule has 1 aromatic carbocycles. The average molecular weight is 221 g/mol. The van der Waals surface area contributed by atoms with E-state index in [2.05, 4.69) is 28.2 Å². The smallest absolute Gasteiger partial charge is 0.117 e. The largest absolute Gasteiger partial charge is 0.361 e. The van der Waals surface area contributed by atoms with Gasteiger partial charge in [0.15, 0.2) is 0 Å². The number of aromatic nitrogens is 1. The lowest BCUT2D eigenvalue weighted by molar-refractivity contribution is 0.593. The molecule has 0 fully saturated rings. The van der Waals surface area contributed by atoms with Crippen LogP contribution in [0.25, 0.3) is 10.9 Å². The molecule has 1 aromatic heterocycles. The van der Waals surface area contributed by atoms with Gasteiger partial charge in [0.05, 0.1) is 12.5 Å². The summed E-state index contributed by atoms with van der Waals surface area (Å²) in [7, 11) is 0. The zero-order chi connectivity index (χ0) is 11.7. The first-order chi connectivity index (χ1) is 8.34. The Morgan fingerprint density at radius 1 is 1.35 bits per heavy atom. The van der Waals surface area contributed by atoms with Crippen LogP contribution in [0.2, 0.25) is 0 Å². The van der Waals surface area contributed by atoms with Crippen LogP contribution in [-0.4, -0.2) is 11.2 Å². The summed E-state index contributed by atoms with van der Waals surface area (Å²) < 4.78 is 0. The SMILES string of the molecule is N#CCC1(c2ccc3cc[nH]c3c2)C=CC=N1. The van der Waals surface area contributed by atoms with Crippen LogP contribution in [0.1, 0.15) is 12.0 Å². The molecule has 1 aliphatic heterocycles. The number of hydrogen-bond donors (Lipinski definition) is 1. The van der Waals surface area contributed by atoms with Crippen LogP contribution in [0, 0.1) is 11.3 Å². The standard InChI is InChI=1S/C14H11N3/c15-7-6-14(5-1-8-17-14)12-3-2-11-4-9-16-13(11)10-12/h1-5,8-10,16H,6H2. The number of rotatable bonds is 2. The Balaban J connectivity index is 2.16. The molecule has 0 saturated heterocycles. The molecule has 1 unspecified atom stereocenters. The zero-order valence-electron chi connectivity index (χ0n) is 9.22. The molecule has 0 saturated carbocycles. The van der Waals surface area contributed by atoms with Crippen LogP contribution in [-0.2, 0) is 5.54 Å². The molecule has 0 amide bonds. The summed E-state index contributed by atoms with van der Waals surface area (Å²) >= 11 is 0. The molecule has 0 bridgehead atoms. The summed E-state index contributed by atoms with van der Waals surface area (Å²) in [6.07, 6.45) is 7.93. The minimum Gasteiger partial charge on any atom is -0.361 e. The van der Waals surface area contributed by atoms with Gasteiger partial charge in [0.1, 0.15) is 5.54 Å². The van der Waals surface area contributed by atoms with E-state index in [0.29, 0.717) is 6.42 Å². The van der Waals surface area contributed by atoms with Crippen LogP contribution in [0.4, 0.5) is 0 Å². The first-order valence-corrected chi connectivity index (χ1v) is 5.52. The van der Waals surface area contributed by atoms with Crippen LogP contribution >= 0.6 is 0 Å². The van der Waals surface area contributed by atoms with Crippen LogP contribution in [0.3, 0.4) is 0 Å². The van der Waals surface area contributed by atoms with E-state index >= 15 is 0 Å². The lowest BCUT2D eigenvalue weighted by atomic mass is 9.88. The van der Waals surface area contributed by atoms with E-state index in [1.165, 1.54) is 5.39 Å². The highest BCUT2D eigenvalue weighted by Crippen LogP contribution is 2.34. The van der Waals surface area contributed by atoms with Gasteiger partial charge < -0.3 is 4.98 Å². The van der Waals surface area contributed by atoms with Crippen LogP contribution < -0.4 is 0 Å². The second-order valence-electron chi connectivity index (χ2n) is 4.18. The summed E-state index contributed by atoms with van der Waals surface area (Å²) in [5.41, 5.74) is 1.64. The minimum absolute atomic E-state index is 0.367. The number of nitrogens with zero attached hydrogens (tertiary/aromatic N) is 2. The quantitative estimate of drug-likeness (QED) is 0.832. The first kappa shape index (κ1) is 9.86. The molecule has 1 atom stereocenters. The van der Waals surface area contributed by atoms with Crippen LogP contribution in [0.15, 0.2) is 47.6 Å². The summed E-state index contributed by atoms with van der Waals surface area (Å²) in [6.45, 7) is 0. The Kier molecular flexibility index (Phi) is 2.09. The number of nitrogens with one attached hydrogen (secondary N) is 1. The van der Waals surface area contributed by atoms with Crippen molar-refractivity contribution in [2.45, 2.75) is 12.0 Å². The Morgan fingerprint density at radius 3 is 3.06 bits per heavy atom. The molecule has 2 aromatic rings. The van der Waals surface area contributed by atoms with Crippen molar-refractivity contribution in [3.05, 3.63) is 48.2 Å². The third kappa shape index (κ3) is 1.46. The highest BCUT2D eigenvalue weighted by molar-refractivity contribution is 5.81. The fraction of sp³-hybridized carbons (Fsp3) is 0.143. The first-order valence-electron chi connectivity index (χ1n) is 5.52. The van der Waals surface area contributed by atoms with Gasteiger partial charge in [-0.15, -0.1) is 0 Å². The maximum Gasteiger partial charge on any atom is 0.117 e. The summed E-state index contributed by atoms with van der Waals surface area (Å²) in [6, 6.07) is 10.4. The second kappa shape index (κ2) is 3.60. The lowest BCUT2D eigenvalue weighted by Gasteiger charge is -2.21. The predicted molar refractivity (Wildman–Crippen MR) is 67.8 cm³/mol. The molecule has 3 heteroatoms. The van der Waals surface area contributed by atoms with Crippen LogP contribution in [0.5, 0.6) is 0 Å². The molecule has 2 heterocycles. The van der Waals surface area contributed by atoms with Crippen molar-refractivity contribution in [2.24, 2.45) is 4.99 Å². The van der Waals surface area contributed by atoms with Gasteiger partial charge in [-0.05, 0) is 29.2 Å². The third-order valence-corrected chi connectivity index (χ3v) is 3.17. The molecular formula is C14H11N3. The van der Waals surface area contributed by atoms with Gasteiger partial charge in [0.2, 0.25) is 0 Å². The van der Waals surface area contributed by atoms with E-state index in [9.17, 15) is 0 Å². The molecule has 0 spiro atoms. The molecule has 3 nitrogen and oxygen atoms in total. The molecule has 17 heavy (non-hydrogen) atoms. The molecule has 1 aliphatic rings. The third-order valence-electron chi connectivity index (χ3n) is 3.17. The number of hydrogen-bond acceptors (Lipinski definition) is 2. The van der Waals surface area contributed by atoms with E-state index in [0.717, 1.165) is 11.1 Å². The molecule has 1 N–H and O–H groups in total. The van der Waals surface area contributed by atoms with Gasteiger partial charge >= 0.3 is 0 Å². The second-order valence-corrected chi connectivity index (χ2v) is 4.18. The number of fused-ring (bicyclic) bond motifs is 1. The summed E-state index contributed by atoms with van der Waals surface area (Å²) in [5.74, 6) is 0. The number of aliphatic imine (C=N–C) groups is 1. The van der Waals surface area contributed by atoms with E-state index in [1.54, 1.807) is 6.21 Å². The van der Waals surface area contributed by atoms with Gasteiger partial charge in [0.25, 0.3) is 0 Å². The Morgan fingerprint density at radius 2 is 2.29 bits per heavy atom. The monoisotopic (exact) mass is 221 g/mol. The fourth-order valence-corrected chi connectivity index (χ4v) is 2.24. The van der Waals surface area contributed by atoms with Crippen molar-refractivity contribution in [1.82, 2.24) is 4.98 Å². The fourth-order valence-electron chi connectivity index (χ4n) is 2.24. The topological polar surface area (TPSA) is 51.9 Å². The van der Waals surface area contributed by atoms with Crippen molar-refractivity contribution in [2.75, 3.05) is 0 Å². The van der Waals surface area contributed by atoms with Gasteiger partial charge in [-0.1, -0.05) is 18.2 Å². The number of benzene rings is 1. The molecular weight excluding hydrogens is 210 g/mol. The number of nitriles is 1. The minimum atomic E-state index is -0.492. The average Bonchev–Trinajstić information content (AvgIpc) is 2.96. The maximum atomic E-state index is 8.96. The zero-order valence-corrected chi connectivity index (χ0v) is 9.22. The van der Waals surface area contributed by atoms with E-state index in [4.69, 9.17) is 5.26 Å². The van der Waals surface area contributed by atoms with E-state index in [1.807, 2.05) is 30.5 Å². The highest BCUT2D eigenvalue weighted by atomic mass is 14.9. The number of H-pyrrole nitrogens is 1. The Hall–Kier alpha value is -2.34. The lowest BCUT2D eigenvalue weighted by Crippen LogP contribution is -2.18. The molecule has 0 aliphatic carbocycles. The Bertz CT molecular complexity index is 643. The molecule has 82 valence electrons. The van der Waals surface area contributed by atoms with Gasteiger partial charge in [-0.3, -0.25) is 4.99 Å². The number of allylic oxidation sites excluding steroid dienone is 1. The van der Waals surface area contributed by atoms with Crippen molar-refractivity contribution in [3.63, 3.8) is 0 Å². The van der Waals surface area contributed by atoms with Gasteiger partial charge in [-0.2, -0.15) is 5.26 Å². The summed E-state index contributed by atoms with van der Waals surface area (Å²) in [4.78, 5) is 7.63. The van der Waals surface area contributed by atoms with E-state index < -0.39 is 5.54 Å². The maximum absolute atomic E-state index is 8.96. The van der Waals surface area contributed by atoms with Crippen molar-refractivity contribution >= 4 is 17.1 Å². The van der Waals surface area contributed by atoms with Crippen molar-refractivity contribution in [1.29, 1.82) is 5.26 Å². The normalized spacial score (nSPS) is 22.1. The van der Waals surface area contributed by atoms with Crippen molar-refractivity contribution < 1.29 is 0 Å². The van der Waals surface area contributed by atoms with Gasteiger partial charge in [0, 0.05) is 17.9 Å². The van der Waals surface area contributed by atoms with E-state index in [-0.39, 0.29) is 0 Å². The predicted octanol–water partition coefficient (Wildman–Crippen LogP) is 2.92. The summed E-state index contributed by atoms with van der Waals surface area (Å²) in [5, 5.41) is 10.1. The Labute approximate surface area is 99.1 Å². The molecule has 3 rings (SSSR count). The van der Waals surface area contributed by atoms with Gasteiger partial charge in [-0.25, -0.2) is 0 Å². The number of aromatic amines is 1.